The highest BCUT2D eigenvalue weighted by atomic mass is 32.1. The first-order chi connectivity index (χ1) is 19.2. The van der Waals surface area contributed by atoms with Crippen LogP contribution in [0.15, 0.2) is 121 Å². The largest absolute Gasteiger partial charge is 0.281 e. The highest BCUT2D eigenvalue weighted by Crippen LogP contribution is 2.40. The summed E-state index contributed by atoms with van der Waals surface area (Å²) in [6.07, 6.45) is 2.18. The zero-order chi connectivity index (χ0) is 25.9. The van der Waals surface area contributed by atoms with Gasteiger partial charge in [0, 0.05) is 42.9 Å². The van der Waals surface area contributed by atoms with Crippen LogP contribution >= 0.6 is 11.3 Å². The Bertz CT molecular complexity index is 2170. The van der Waals surface area contributed by atoms with E-state index in [1.165, 1.54) is 53.4 Å². The van der Waals surface area contributed by atoms with E-state index < -0.39 is 0 Å². The van der Waals surface area contributed by atoms with Gasteiger partial charge in [-0.25, -0.2) is 0 Å². The van der Waals surface area contributed by atoms with Gasteiger partial charge in [-0.2, -0.15) is 0 Å². The van der Waals surface area contributed by atoms with Crippen molar-refractivity contribution in [2.24, 2.45) is 0 Å². The van der Waals surface area contributed by atoms with Gasteiger partial charge in [-0.15, -0.1) is 21.5 Å². The zero-order valence-electron chi connectivity index (χ0n) is 21.3. The molecule has 3 nitrogen and oxygen atoms in total. The van der Waals surface area contributed by atoms with Gasteiger partial charge in [0.2, 0.25) is 0 Å². The van der Waals surface area contributed by atoms with E-state index >= 15 is 0 Å². The van der Waals surface area contributed by atoms with Gasteiger partial charge < -0.3 is 0 Å². The lowest BCUT2D eigenvalue weighted by Crippen LogP contribution is -1.94. The van der Waals surface area contributed by atoms with Crippen LogP contribution in [-0.4, -0.2) is 14.6 Å². The molecule has 0 bridgehead atoms. The molecule has 0 saturated heterocycles. The molecule has 0 radical (unpaired) electrons. The maximum Gasteiger partial charge on any atom is 0.169 e. The van der Waals surface area contributed by atoms with E-state index in [0.29, 0.717) is 0 Å². The minimum atomic E-state index is 0.843. The molecule has 0 amide bonds. The third-order valence-electron chi connectivity index (χ3n) is 7.63. The SMILES string of the molecule is Cc1ccc(-c2cn3c(-c4ccc(-c5cccc6c5sc5ccccc56)cc4)nnc3c3ccccc23)cc1. The summed E-state index contributed by atoms with van der Waals surface area (Å²) < 4.78 is 4.79. The molecule has 0 atom stereocenters. The first kappa shape index (κ1) is 22.2. The maximum absolute atomic E-state index is 4.66. The summed E-state index contributed by atoms with van der Waals surface area (Å²) in [6, 6.07) is 41.2. The van der Waals surface area contributed by atoms with Crippen molar-refractivity contribution in [3.63, 3.8) is 0 Å². The Balaban J connectivity index is 1.27. The van der Waals surface area contributed by atoms with Gasteiger partial charge in [-0.1, -0.05) is 115 Å². The molecule has 0 aliphatic rings. The number of thiophene rings is 1. The average Bonchev–Trinajstić information content (AvgIpc) is 3.59. The molecule has 4 heteroatoms. The van der Waals surface area contributed by atoms with Crippen molar-refractivity contribution in [1.29, 1.82) is 0 Å². The molecular weight excluding hydrogens is 494 g/mol. The molecule has 0 unspecified atom stereocenters. The summed E-state index contributed by atoms with van der Waals surface area (Å²) in [4.78, 5) is 0. The summed E-state index contributed by atoms with van der Waals surface area (Å²) in [5, 5.41) is 14.2. The lowest BCUT2D eigenvalue weighted by atomic mass is 9.99. The lowest BCUT2D eigenvalue weighted by molar-refractivity contribution is 1.11. The van der Waals surface area contributed by atoms with Gasteiger partial charge in [0.25, 0.3) is 0 Å². The van der Waals surface area contributed by atoms with Crippen molar-refractivity contribution < 1.29 is 0 Å². The fraction of sp³-hybridized carbons (Fsp3) is 0.0286. The van der Waals surface area contributed by atoms with E-state index in [-0.39, 0.29) is 0 Å². The third-order valence-corrected chi connectivity index (χ3v) is 8.85. The van der Waals surface area contributed by atoms with Crippen LogP contribution in [-0.2, 0) is 0 Å². The Kier molecular flexibility index (Phi) is 4.91. The van der Waals surface area contributed by atoms with Crippen molar-refractivity contribution in [3.05, 3.63) is 127 Å². The molecular formula is C35H23N3S. The summed E-state index contributed by atoms with van der Waals surface area (Å²) in [5.41, 5.74) is 7.99. The van der Waals surface area contributed by atoms with Crippen LogP contribution in [0.4, 0.5) is 0 Å². The fourth-order valence-corrected chi connectivity index (χ4v) is 6.88. The van der Waals surface area contributed by atoms with Crippen LogP contribution in [0.1, 0.15) is 5.56 Å². The van der Waals surface area contributed by atoms with Crippen LogP contribution in [0.2, 0.25) is 0 Å². The third kappa shape index (κ3) is 3.49. The summed E-state index contributed by atoms with van der Waals surface area (Å²) in [5.74, 6) is 0.843. The van der Waals surface area contributed by atoms with Gasteiger partial charge in [0.05, 0.1) is 0 Å². The molecule has 184 valence electrons. The van der Waals surface area contributed by atoms with Gasteiger partial charge in [-0.05, 0) is 35.1 Å². The van der Waals surface area contributed by atoms with Gasteiger partial charge in [0.15, 0.2) is 11.5 Å². The normalized spacial score (nSPS) is 11.7. The Morgan fingerprint density at radius 2 is 1.18 bits per heavy atom. The highest BCUT2D eigenvalue weighted by molar-refractivity contribution is 7.26. The van der Waals surface area contributed by atoms with Crippen LogP contribution in [0.5, 0.6) is 0 Å². The van der Waals surface area contributed by atoms with Gasteiger partial charge in [-0.3, -0.25) is 4.40 Å². The Morgan fingerprint density at radius 3 is 2.00 bits per heavy atom. The predicted molar refractivity (Wildman–Crippen MR) is 164 cm³/mol. The van der Waals surface area contributed by atoms with Crippen molar-refractivity contribution in [2.75, 3.05) is 0 Å². The molecule has 0 aliphatic heterocycles. The number of hydrogen-bond acceptors (Lipinski definition) is 3. The molecule has 8 rings (SSSR count). The van der Waals surface area contributed by atoms with E-state index in [1.54, 1.807) is 0 Å². The molecule has 0 spiro atoms. The van der Waals surface area contributed by atoms with Crippen molar-refractivity contribution in [3.8, 4) is 33.6 Å². The smallest absolute Gasteiger partial charge is 0.169 e. The van der Waals surface area contributed by atoms with Gasteiger partial charge in [0.1, 0.15) is 0 Å². The number of rotatable bonds is 3. The zero-order valence-corrected chi connectivity index (χ0v) is 22.1. The predicted octanol–water partition coefficient (Wildman–Crippen LogP) is 9.56. The quantitative estimate of drug-likeness (QED) is 0.234. The lowest BCUT2D eigenvalue weighted by Gasteiger charge is -2.11. The van der Waals surface area contributed by atoms with Crippen molar-refractivity contribution in [1.82, 2.24) is 14.6 Å². The standard InChI is InChI=1S/C35H23N3S/c1-22-13-15-24(16-14-22)31-21-38-34(36-37-35(38)30-9-3-2-7-27(30)31)25-19-17-23(18-20-25)26-10-6-11-29-28-8-4-5-12-32(28)39-33(26)29/h2-21H,1H3. The Hall–Kier alpha value is -4.80. The first-order valence-electron chi connectivity index (χ1n) is 13.1. The fourth-order valence-electron chi connectivity index (χ4n) is 5.64. The molecule has 0 aliphatic carbocycles. The number of benzene rings is 5. The molecule has 39 heavy (non-hydrogen) atoms. The van der Waals surface area contributed by atoms with Gasteiger partial charge >= 0.3 is 0 Å². The van der Waals surface area contributed by atoms with E-state index in [2.05, 4.69) is 143 Å². The Morgan fingerprint density at radius 1 is 0.538 bits per heavy atom. The molecule has 0 fully saturated rings. The summed E-state index contributed by atoms with van der Waals surface area (Å²) >= 11 is 1.86. The highest BCUT2D eigenvalue weighted by Gasteiger charge is 2.16. The second kappa shape index (κ2) is 8.62. The number of nitrogens with zero attached hydrogens (tertiary/aromatic N) is 3. The topological polar surface area (TPSA) is 30.2 Å². The van der Waals surface area contributed by atoms with E-state index in [4.69, 9.17) is 0 Å². The molecule has 8 aromatic rings. The molecule has 3 heterocycles. The minimum Gasteiger partial charge on any atom is -0.281 e. The summed E-state index contributed by atoms with van der Waals surface area (Å²) in [7, 11) is 0. The number of fused-ring (bicyclic) bond motifs is 6. The monoisotopic (exact) mass is 517 g/mol. The number of aromatic nitrogens is 3. The molecule has 5 aromatic carbocycles. The number of hydrogen-bond donors (Lipinski definition) is 0. The Labute approximate surface area is 229 Å². The molecule has 0 N–H and O–H groups in total. The second-order valence-electron chi connectivity index (χ2n) is 10.0. The maximum atomic E-state index is 4.66. The van der Waals surface area contributed by atoms with E-state index in [1.807, 2.05) is 11.3 Å². The summed E-state index contributed by atoms with van der Waals surface area (Å²) in [6.45, 7) is 2.12. The van der Waals surface area contributed by atoms with Crippen LogP contribution in [0.25, 0.3) is 70.2 Å². The van der Waals surface area contributed by atoms with Crippen LogP contribution in [0, 0.1) is 6.92 Å². The minimum absolute atomic E-state index is 0.843. The number of aryl methyl sites for hydroxylation is 1. The van der Waals surface area contributed by atoms with E-state index in [9.17, 15) is 0 Å². The van der Waals surface area contributed by atoms with Crippen LogP contribution < -0.4 is 0 Å². The van der Waals surface area contributed by atoms with Crippen molar-refractivity contribution >= 4 is 47.9 Å². The first-order valence-corrected chi connectivity index (χ1v) is 13.9. The average molecular weight is 518 g/mol. The van der Waals surface area contributed by atoms with Crippen molar-refractivity contribution in [2.45, 2.75) is 6.92 Å². The van der Waals surface area contributed by atoms with Crippen LogP contribution in [0.3, 0.4) is 0 Å². The second-order valence-corrected chi connectivity index (χ2v) is 11.1. The van der Waals surface area contributed by atoms with E-state index in [0.717, 1.165) is 22.4 Å². The molecule has 3 aromatic heterocycles. The molecule has 0 saturated carbocycles. The number of pyridine rings is 1.